The highest BCUT2D eigenvalue weighted by atomic mass is 35.5. The molecule has 1 N–H and O–H groups in total. The Hall–Kier alpha value is -2.48. The molecule has 6 nitrogen and oxygen atoms in total. The summed E-state index contributed by atoms with van der Waals surface area (Å²) in [6.07, 6.45) is 14.6. The summed E-state index contributed by atoms with van der Waals surface area (Å²) in [5.74, 6) is 3.06. The molecule has 3 aromatic rings. The minimum atomic E-state index is -0.155. The molecular weight excluding hydrogens is 578 g/mol. The van der Waals surface area contributed by atoms with Crippen LogP contribution in [0, 0.1) is 30.6 Å². The number of amides is 2. The zero-order valence-electron chi connectivity index (χ0n) is 25.1. The second-order valence-electron chi connectivity index (χ2n) is 13.5. The Labute approximate surface area is 263 Å². The quantitative estimate of drug-likeness (QED) is 0.246. The van der Waals surface area contributed by atoms with Crippen LogP contribution in [0.5, 0.6) is 5.75 Å². The normalized spacial score (nSPS) is 25.2. The maximum absolute atomic E-state index is 13.4. The molecule has 4 aliphatic rings. The maximum Gasteiger partial charge on any atom is 0.233 e. The number of fused-ring (bicyclic) bond motifs is 1. The highest BCUT2D eigenvalue weighted by Gasteiger charge is 2.42. The molecule has 2 aromatic heterocycles. The minimum absolute atomic E-state index is 0.0120. The van der Waals surface area contributed by atoms with Crippen LogP contribution in [0.3, 0.4) is 0 Å². The predicted molar refractivity (Wildman–Crippen MR) is 172 cm³/mol. The van der Waals surface area contributed by atoms with E-state index < -0.39 is 0 Å². The molecule has 2 saturated carbocycles. The van der Waals surface area contributed by atoms with Crippen molar-refractivity contribution in [2.75, 3.05) is 13.1 Å². The van der Waals surface area contributed by atoms with Crippen LogP contribution in [0.4, 0.5) is 0 Å². The number of thiophene rings is 1. The van der Waals surface area contributed by atoms with Gasteiger partial charge in [0, 0.05) is 39.6 Å². The van der Waals surface area contributed by atoms with Gasteiger partial charge in [0.2, 0.25) is 11.8 Å². The zero-order valence-corrected chi connectivity index (χ0v) is 26.7. The third-order valence-electron chi connectivity index (χ3n) is 10.3. The third-order valence-corrected chi connectivity index (χ3v) is 11.7. The summed E-state index contributed by atoms with van der Waals surface area (Å²) in [7, 11) is 0. The number of ether oxygens (including phenoxy) is 1. The van der Waals surface area contributed by atoms with Gasteiger partial charge in [-0.25, -0.2) is 0 Å². The van der Waals surface area contributed by atoms with Crippen LogP contribution >= 0.6 is 22.9 Å². The van der Waals surface area contributed by atoms with Crippen LogP contribution in [0.1, 0.15) is 81.1 Å². The summed E-state index contributed by atoms with van der Waals surface area (Å²) in [5, 5.41) is 4.07. The number of aryl methyl sites for hydroxylation is 1. The van der Waals surface area contributed by atoms with E-state index in [4.69, 9.17) is 16.3 Å². The molecule has 8 heteroatoms. The topological polar surface area (TPSA) is 71.5 Å². The molecule has 1 aromatic carbocycles. The number of nitrogens with one attached hydrogen (secondary N) is 1. The van der Waals surface area contributed by atoms with Gasteiger partial charge in [-0.05, 0) is 106 Å². The molecule has 1 atom stereocenters. The Kier molecular flexibility index (Phi) is 8.49. The molecular formula is C35H42ClN3O3S. The number of likely N-dealkylation sites (tertiary alicyclic amines) is 1. The summed E-state index contributed by atoms with van der Waals surface area (Å²) in [6, 6.07) is 7.99. The number of halogens is 1. The fourth-order valence-corrected chi connectivity index (χ4v) is 9.48. The molecule has 7 rings (SSSR count). The lowest BCUT2D eigenvalue weighted by atomic mass is 9.68. The minimum Gasteiger partial charge on any atom is -0.489 e. The first-order chi connectivity index (χ1) is 20.9. The van der Waals surface area contributed by atoms with E-state index in [-0.39, 0.29) is 23.8 Å². The molecule has 0 bridgehead atoms. The molecule has 2 amide bonds. The first kappa shape index (κ1) is 29.2. The Balaban J connectivity index is 1.06. The van der Waals surface area contributed by atoms with Gasteiger partial charge < -0.3 is 10.1 Å². The van der Waals surface area contributed by atoms with Gasteiger partial charge in [0.25, 0.3) is 0 Å². The van der Waals surface area contributed by atoms with E-state index in [1.807, 2.05) is 37.4 Å². The molecule has 43 heavy (non-hydrogen) atoms. The highest BCUT2D eigenvalue weighted by molar-refractivity contribution is 7.19. The molecule has 228 valence electrons. The van der Waals surface area contributed by atoms with E-state index in [1.165, 1.54) is 49.8 Å². The molecule has 0 spiro atoms. The van der Waals surface area contributed by atoms with Gasteiger partial charge in [0.1, 0.15) is 11.9 Å². The number of piperidine rings is 1. The summed E-state index contributed by atoms with van der Waals surface area (Å²) in [5.41, 5.74) is 3.86. The van der Waals surface area contributed by atoms with Crippen molar-refractivity contribution in [1.29, 1.82) is 0 Å². The lowest BCUT2D eigenvalue weighted by molar-refractivity contribution is -0.140. The van der Waals surface area contributed by atoms with Gasteiger partial charge in [-0.1, -0.05) is 37.3 Å². The molecule has 2 aliphatic carbocycles. The molecule has 2 saturated heterocycles. The van der Waals surface area contributed by atoms with Crippen molar-refractivity contribution in [2.45, 2.75) is 90.2 Å². The number of pyridine rings is 1. The number of aromatic nitrogens is 1. The van der Waals surface area contributed by atoms with Crippen molar-refractivity contribution in [1.82, 2.24) is 15.2 Å². The van der Waals surface area contributed by atoms with Crippen LogP contribution in [0.25, 0.3) is 21.3 Å². The monoisotopic (exact) mass is 619 g/mol. The maximum atomic E-state index is 13.4. The molecule has 0 radical (unpaired) electrons. The van der Waals surface area contributed by atoms with Crippen molar-refractivity contribution in [3.63, 3.8) is 0 Å². The van der Waals surface area contributed by atoms with Crippen LogP contribution in [0.2, 0.25) is 5.02 Å². The SMILES string of the molecule is Cc1cc(Cl)cc(-c2ccnc3cc(CN4C(=O)CC(CC5CC(CC6CCCC6)C5)C4=O)sc23)c1OC1CCNCC1. The van der Waals surface area contributed by atoms with Crippen LogP contribution < -0.4 is 10.1 Å². The summed E-state index contributed by atoms with van der Waals surface area (Å²) in [4.78, 5) is 33.6. The van der Waals surface area contributed by atoms with Crippen molar-refractivity contribution in [3.8, 4) is 16.9 Å². The number of carbonyl (C=O) groups is 2. The van der Waals surface area contributed by atoms with Gasteiger partial charge in [0.05, 0.1) is 16.8 Å². The first-order valence-corrected chi connectivity index (χ1v) is 17.5. The number of carbonyl (C=O) groups excluding carboxylic acids is 2. The fraction of sp³-hybridized carbons (Fsp3) is 0.571. The second kappa shape index (κ2) is 12.5. The van der Waals surface area contributed by atoms with Crippen LogP contribution in [-0.4, -0.2) is 40.9 Å². The zero-order chi connectivity index (χ0) is 29.5. The van der Waals surface area contributed by atoms with E-state index >= 15 is 0 Å². The van der Waals surface area contributed by atoms with Crippen molar-refractivity contribution in [2.24, 2.45) is 23.7 Å². The lowest BCUT2D eigenvalue weighted by Gasteiger charge is -2.38. The van der Waals surface area contributed by atoms with Crippen molar-refractivity contribution in [3.05, 3.63) is 45.9 Å². The van der Waals surface area contributed by atoms with Gasteiger partial charge in [-0.15, -0.1) is 11.3 Å². The number of rotatable bonds is 9. The van der Waals surface area contributed by atoms with E-state index in [0.29, 0.717) is 23.9 Å². The Morgan fingerprint density at radius 1 is 1.00 bits per heavy atom. The Bertz CT molecular complexity index is 1500. The largest absolute Gasteiger partial charge is 0.489 e. The van der Waals surface area contributed by atoms with Crippen molar-refractivity contribution >= 4 is 45.0 Å². The van der Waals surface area contributed by atoms with Gasteiger partial charge in [-0.2, -0.15) is 0 Å². The average Bonchev–Trinajstić information content (AvgIpc) is 3.70. The molecule has 4 heterocycles. The number of imide groups is 1. The highest BCUT2D eigenvalue weighted by Crippen LogP contribution is 2.46. The summed E-state index contributed by atoms with van der Waals surface area (Å²) < 4.78 is 7.62. The number of nitrogens with zero attached hydrogens (tertiary/aromatic N) is 2. The Morgan fingerprint density at radius 2 is 1.77 bits per heavy atom. The summed E-state index contributed by atoms with van der Waals surface area (Å²) in [6.45, 7) is 4.27. The lowest BCUT2D eigenvalue weighted by Crippen LogP contribution is -2.34. The van der Waals surface area contributed by atoms with E-state index in [2.05, 4.69) is 10.3 Å². The average molecular weight is 620 g/mol. The van der Waals surface area contributed by atoms with Crippen molar-refractivity contribution < 1.29 is 14.3 Å². The predicted octanol–water partition coefficient (Wildman–Crippen LogP) is 7.93. The fourth-order valence-electron chi connectivity index (χ4n) is 8.08. The van der Waals surface area contributed by atoms with Gasteiger partial charge >= 0.3 is 0 Å². The molecule has 1 unspecified atom stereocenters. The van der Waals surface area contributed by atoms with Gasteiger partial charge in [-0.3, -0.25) is 19.5 Å². The number of hydrogen-bond acceptors (Lipinski definition) is 6. The molecule has 4 fully saturated rings. The van der Waals surface area contributed by atoms with Crippen LogP contribution in [0.15, 0.2) is 30.5 Å². The van der Waals surface area contributed by atoms with E-state index in [0.717, 1.165) is 81.7 Å². The first-order valence-electron chi connectivity index (χ1n) is 16.3. The number of hydrogen-bond donors (Lipinski definition) is 1. The van der Waals surface area contributed by atoms with E-state index in [9.17, 15) is 9.59 Å². The Morgan fingerprint density at radius 3 is 2.56 bits per heavy atom. The van der Waals surface area contributed by atoms with Crippen LogP contribution in [-0.2, 0) is 16.1 Å². The smallest absolute Gasteiger partial charge is 0.233 e. The van der Waals surface area contributed by atoms with Gasteiger partial charge in [0.15, 0.2) is 0 Å². The third kappa shape index (κ3) is 6.23. The molecule has 2 aliphatic heterocycles. The standard InChI is InChI=1S/C35H42ClN3O3S/c1-21-12-26(36)18-30(33(21)42-27-6-9-37-10-7-27)29-8-11-38-31-19-28(43-34(29)31)20-39-32(40)17-25(35(39)41)16-24-14-23(15-24)13-22-4-2-3-5-22/h8,11-12,18-19,22-25,27,37H,2-7,9-10,13-17,20H2,1H3. The van der Waals surface area contributed by atoms with E-state index in [1.54, 1.807) is 11.3 Å². The second-order valence-corrected chi connectivity index (χ2v) is 15.1. The number of benzene rings is 1. The summed E-state index contributed by atoms with van der Waals surface area (Å²) >= 11 is 8.17.